The number of furan rings is 1. The highest BCUT2D eigenvalue weighted by molar-refractivity contribution is 6.06. The average molecular weight is 247 g/mol. The average Bonchev–Trinajstić information content (AvgIpc) is 2.70. The molecule has 1 saturated heterocycles. The number of halogens is 1. The van der Waals surface area contributed by atoms with Crippen molar-refractivity contribution in [1.82, 2.24) is 4.90 Å². The molecule has 1 fully saturated rings. The van der Waals surface area contributed by atoms with E-state index in [1.807, 2.05) is 4.90 Å². The molecule has 0 atom stereocenters. The number of amides is 1. The molecule has 4 heteroatoms. The Hall–Kier alpha value is -1.84. The number of carbonyl (C=O) groups excluding carboxylic acids is 1. The molecule has 0 bridgehead atoms. The zero-order valence-electron chi connectivity index (χ0n) is 10.1. The van der Waals surface area contributed by atoms with E-state index in [9.17, 15) is 9.18 Å². The fourth-order valence-electron chi connectivity index (χ4n) is 2.33. The van der Waals surface area contributed by atoms with E-state index >= 15 is 0 Å². The molecule has 1 amide bonds. The molecule has 3 rings (SSSR count). The molecule has 1 aromatic heterocycles. The van der Waals surface area contributed by atoms with Crippen LogP contribution in [-0.2, 0) is 0 Å². The van der Waals surface area contributed by atoms with E-state index in [0.717, 1.165) is 19.5 Å². The van der Waals surface area contributed by atoms with Crippen LogP contribution in [0.25, 0.3) is 11.0 Å². The van der Waals surface area contributed by atoms with E-state index in [4.69, 9.17) is 4.42 Å². The van der Waals surface area contributed by atoms with Gasteiger partial charge in [0, 0.05) is 24.5 Å². The molecular formula is C14H14FNO2. The monoisotopic (exact) mass is 247 g/mol. The molecule has 94 valence electrons. The van der Waals surface area contributed by atoms with Crippen LogP contribution in [0.15, 0.2) is 28.9 Å². The molecule has 18 heavy (non-hydrogen) atoms. The summed E-state index contributed by atoms with van der Waals surface area (Å²) < 4.78 is 18.3. The van der Waals surface area contributed by atoms with Gasteiger partial charge in [-0.25, -0.2) is 4.39 Å². The van der Waals surface area contributed by atoms with Crippen LogP contribution in [0, 0.1) is 11.7 Å². The predicted octanol–water partition coefficient (Wildman–Crippen LogP) is 3.05. The van der Waals surface area contributed by atoms with Crippen molar-refractivity contribution < 1.29 is 13.6 Å². The van der Waals surface area contributed by atoms with Crippen molar-refractivity contribution in [2.45, 2.75) is 13.3 Å². The quantitative estimate of drug-likeness (QED) is 0.817. The number of benzene rings is 1. The third-order valence-corrected chi connectivity index (χ3v) is 3.59. The highest BCUT2D eigenvalue weighted by Crippen LogP contribution is 2.27. The number of hydrogen-bond acceptors (Lipinski definition) is 2. The first-order chi connectivity index (χ1) is 8.69. The van der Waals surface area contributed by atoms with Crippen LogP contribution in [-0.4, -0.2) is 23.9 Å². The van der Waals surface area contributed by atoms with Crippen LogP contribution in [0.3, 0.4) is 0 Å². The summed E-state index contributed by atoms with van der Waals surface area (Å²) in [6, 6.07) is 4.25. The lowest BCUT2D eigenvalue weighted by Crippen LogP contribution is -2.49. The SMILES string of the molecule is CCC1CN(C(=O)c2coc3cc(F)ccc23)C1. The van der Waals surface area contributed by atoms with Gasteiger partial charge in [-0.1, -0.05) is 6.92 Å². The normalized spacial score (nSPS) is 16.0. The summed E-state index contributed by atoms with van der Waals surface area (Å²) >= 11 is 0. The first kappa shape index (κ1) is 11.3. The Balaban J connectivity index is 1.88. The van der Waals surface area contributed by atoms with Gasteiger partial charge in [-0.3, -0.25) is 4.79 Å². The molecular weight excluding hydrogens is 233 g/mol. The van der Waals surface area contributed by atoms with Crippen LogP contribution in [0.5, 0.6) is 0 Å². The van der Waals surface area contributed by atoms with Crippen molar-refractivity contribution in [3.63, 3.8) is 0 Å². The summed E-state index contributed by atoms with van der Waals surface area (Å²) in [6.07, 6.45) is 2.52. The van der Waals surface area contributed by atoms with Gasteiger partial charge < -0.3 is 9.32 Å². The minimum Gasteiger partial charge on any atom is -0.463 e. The van der Waals surface area contributed by atoms with Gasteiger partial charge >= 0.3 is 0 Å². The van der Waals surface area contributed by atoms with Gasteiger partial charge in [-0.15, -0.1) is 0 Å². The zero-order valence-corrected chi connectivity index (χ0v) is 10.1. The van der Waals surface area contributed by atoms with Gasteiger partial charge in [-0.05, 0) is 24.5 Å². The molecule has 1 aromatic carbocycles. The molecule has 0 aliphatic carbocycles. The number of rotatable bonds is 2. The molecule has 0 unspecified atom stereocenters. The smallest absolute Gasteiger partial charge is 0.257 e. The highest BCUT2D eigenvalue weighted by Gasteiger charge is 2.31. The first-order valence-electron chi connectivity index (χ1n) is 6.15. The predicted molar refractivity (Wildman–Crippen MR) is 65.9 cm³/mol. The van der Waals surface area contributed by atoms with Gasteiger partial charge in [0.15, 0.2) is 0 Å². The van der Waals surface area contributed by atoms with E-state index in [1.54, 1.807) is 6.07 Å². The van der Waals surface area contributed by atoms with Gasteiger partial charge in [0.05, 0.1) is 5.56 Å². The summed E-state index contributed by atoms with van der Waals surface area (Å²) in [5.41, 5.74) is 0.950. The Kier molecular flexibility index (Phi) is 2.58. The molecule has 1 aliphatic rings. The summed E-state index contributed by atoms with van der Waals surface area (Å²) in [5.74, 6) is 0.237. The molecule has 0 radical (unpaired) electrons. The van der Waals surface area contributed by atoms with E-state index < -0.39 is 0 Å². The second-order valence-corrected chi connectivity index (χ2v) is 4.77. The maximum atomic E-state index is 13.0. The third-order valence-electron chi connectivity index (χ3n) is 3.59. The molecule has 0 saturated carbocycles. The van der Waals surface area contributed by atoms with Gasteiger partial charge in [0.25, 0.3) is 5.91 Å². The standard InChI is InChI=1S/C14H14FNO2/c1-2-9-6-16(7-9)14(17)12-8-18-13-5-10(15)3-4-11(12)13/h3-5,8-9H,2,6-7H2,1H3. The molecule has 1 aliphatic heterocycles. The lowest BCUT2D eigenvalue weighted by molar-refractivity contribution is 0.0495. The summed E-state index contributed by atoms with van der Waals surface area (Å²) in [7, 11) is 0. The number of likely N-dealkylation sites (tertiary alicyclic amines) is 1. The molecule has 2 heterocycles. The van der Waals surface area contributed by atoms with Crippen molar-refractivity contribution >= 4 is 16.9 Å². The Morgan fingerprint density at radius 2 is 2.28 bits per heavy atom. The second kappa shape index (κ2) is 4.12. The van der Waals surface area contributed by atoms with Crippen molar-refractivity contribution in [2.24, 2.45) is 5.92 Å². The lowest BCUT2D eigenvalue weighted by Gasteiger charge is -2.38. The number of fused-ring (bicyclic) bond motifs is 1. The summed E-state index contributed by atoms with van der Waals surface area (Å²) in [4.78, 5) is 14.0. The molecule has 2 aromatic rings. The van der Waals surface area contributed by atoms with Crippen molar-refractivity contribution in [3.8, 4) is 0 Å². The van der Waals surface area contributed by atoms with Crippen molar-refractivity contribution in [3.05, 3.63) is 35.8 Å². The highest BCUT2D eigenvalue weighted by atomic mass is 19.1. The van der Waals surface area contributed by atoms with Crippen LogP contribution in [0.2, 0.25) is 0 Å². The number of hydrogen-bond donors (Lipinski definition) is 0. The lowest BCUT2D eigenvalue weighted by atomic mass is 9.96. The Morgan fingerprint density at radius 1 is 1.50 bits per heavy atom. The zero-order chi connectivity index (χ0) is 12.7. The van der Waals surface area contributed by atoms with E-state index in [2.05, 4.69) is 6.92 Å². The van der Waals surface area contributed by atoms with Gasteiger partial charge in [0.1, 0.15) is 17.7 Å². The third kappa shape index (κ3) is 1.68. The molecule has 3 nitrogen and oxygen atoms in total. The maximum absolute atomic E-state index is 13.0. The topological polar surface area (TPSA) is 33.5 Å². The van der Waals surface area contributed by atoms with Gasteiger partial charge in [-0.2, -0.15) is 0 Å². The van der Waals surface area contributed by atoms with Crippen LogP contribution >= 0.6 is 0 Å². The second-order valence-electron chi connectivity index (χ2n) is 4.77. The molecule has 0 spiro atoms. The first-order valence-corrected chi connectivity index (χ1v) is 6.15. The fraction of sp³-hybridized carbons (Fsp3) is 0.357. The van der Waals surface area contributed by atoms with E-state index in [-0.39, 0.29) is 11.7 Å². The fourth-order valence-corrected chi connectivity index (χ4v) is 2.33. The van der Waals surface area contributed by atoms with Crippen LogP contribution in [0.4, 0.5) is 4.39 Å². The van der Waals surface area contributed by atoms with E-state index in [0.29, 0.717) is 22.5 Å². The Labute approximate surface area is 104 Å². The van der Waals surface area contributed by atoms with Gasteiger partial charge in [0.2, 0.25) is 0 Å². The van der Waals surface area contributed by atoms with Crippen LogP contribution < -0.4 is 0 Å². The van der Waals surface area contributed by atoms with Crippen LogP contribution in [0.1, 0.15) is 23.7 Å². The van der Waals surface area contributed by atoms with Crippen molar-refractivity contribution in [1.29, 1.82) is 0 Å². The largest absolute Gasteiger partial charge is 0.463 e. The Bertz CT molecular complexity index is 599. The summed E-state index contributed by atoms with van der Waals surface area (Å²) in [5, 5.41) is 0.682. The summed E-state index contributed by atoms with van der Waals surface area (Å²) in [6.45, 7) is 3.74. The number of nitrogens with zero attached hydrogens (tertiary/aromatic N) is 1. The Morgan fingerprint density at radius 3 is 3.00 bits per heavy atom. The number of carbonyl (C=O) groups is 1. The van der Waals surface area contributed by atoms with E-state index in [1.165, 1.54) is 18.4 Å². The minimum atomic E-state index is -0.356. The molecule has 0 N–H and O–H groups in total. The minimum absolute atomic E-state index is 0.0231. The van der Waals surface area contributed by atoms with Crippen molar-refractivity contribution in [2.75, 3.05) is 13.1 Å². The maximum Gasteiger partial charge on any atom is 0.257 e.